The van der Waals surface area contributed by atoms with Crippen molar-refractivity contribution in [3.63, 3.8) is 0 Å². The fraction of sp³-hybridized carbons (Fsp3) is 0.385. The van der Waals surface area contributed by atoms with E-state index in [-0.39, 0.29) is 12.5 Å². The van der Waals surface area contributed by atoms with Gasteiger partial charge in [-0.15, -0.1) is 0 Å². The number of fused-ring (bicyclic) bond motifs is 1. The Labute approximate surface area is 111 Å². The maximum Gasteiger partial charge on any atom is 0.231 e. The number of aromatic nitrogens is 2. The lowest BCUT2D eigenvalue weighted by Crippen LogP contribution is -2.35. The molecule has 1 amide bonds. The number of carbonyl (C=O) groups excluding carboxylic acids is 1. The molecule has 6 heteroatoms. The van der Waals surface area contributed by atoms with Crippen LogP contribution < -0.4 is 11.5 Å². The molecule has 0 saturated carbocycles. The van der Waals surface area contributed by atoms with Crippen molar-refractivity contribution in [2.75, 3.05) is 25.4 Å². The highest BCUT2D eigenvalue weighted by atomic mass is 16.1. The zero-order chi connectivity index (χ0) is 13.8. The molecule has 5 N–H and O–H groups in total. The molecule has 2 aromatic rings. The first-order valence-corrected chi connectivity index (χ1v) is 6.33. The Hall–Kier alpha value is -2.08. The van der Waals surface area contributed by atoms with E-state index in [2.05, 4.69) is 9.97 Å². The molecule has 0 bridgehead atoms. The average molecular weight is 261 g/mol. The standard InChI is InChI=1S/C13H19N5O/c1-2-18(8-12(15)19)6-5-13-16-10-4-3-9(14)7-11(10)17-13/h3-4,7H,2,5-6,8,14H2,1H3,(H2,15,19)(H,16,17). The van der Waals surface area contributed by atoms with Crippen LogP contribution in [0, 0.1) is 0 Å². The van der Waals surface area contributed by atoms with Gasteiger partial charge in [-0.1, -0.05) is 6.92 Å². The van der Waals surface area contributed by atoms with Crippen LogP contribution >= 0.6 is 0 Å². The highest BCUT2D eigenvalue weighted by Crippen LogP contribution is 2.15. The smallest absolute Gasteiger partial charge is 0.231 e. The monoisotopic (exact) mass is 261 g/mol. The molecule has 2 rings (SSSR count). The summed E-state index contributed by atoms with van der Waals surface area (Å²) in [5, 5.41) is 0. The van der Waals surface area contributed by atoms with E-state index in [0.717, 1.165) is 36.4 Å². The van der Waals surface area contributed by atoms with Crippen molar-refractivity contribution in [1.29, 1.82) is 0 Å². The molecule has 0 fully saturated rings. The van der Waals surface area contributed by atoms with Gasteiger partial charge in [-0.3, -0.25) is 9.69 Å². The number of aromatic amines is 1. The van der Waals surface area contributed by atoms with E-state index in [1.165, 1.54) is 0 Å². The molecule has 0 saturated heterocycles. The van der Waals surface area contributed by atoms with Gasteiger partial charge in [0.25, 0.3) is 0 Å². The summed E-state index contributed by atoms with van der Waals surface area (Å²) in [7, 11) is 0. The van der Waals surface area contributed by atoms with Gasteiger partial charge in [-0.05, 0) is 24.7 Å². The molecule has 0 aliphatic rings. The summed E-state index contributed by atoms with van der Waals surface area (Å²) in [4.78, 5) is 20.6. The van der Waals surface area contributed by atoms with Gasteiger partial charge in [0, 0.05) is 18.7 Å². The Kier molecular flexibility index (Phi) is 4.01. The number of hydrogen-bond donors (Lipinski definition) is 3. The molecule has 1 heterocycles. The number of likely N-dealkylation sites (N-methyl/N-ethyl adjacent to an activating group) is 1. The van der Waals surface area contributed by atoms with Crippen LogP contribution in [-0.2, 0) is 11.2 Å². The average Bonchev–Trinajstić information content (AvgIpc) is 2.75. The van der Waals surface area contributed by atoms with Crippen molar-refractivity contribution in [3.05, 3.63) is 24.0 Å². The quantitative estimate of drug-likeness (QED) is 0.659. The topological polar surface area (TPSA) is 101 Å². The van der Waals surface area contributed by atoms with Crippen LogP contribution in [0.25, 0.3) is 11.0 Å². The maximum absolute atomic E-state index is 10.9. The van der Waals surface area contributed by atoms with E-state index in [0.29, 0.717) is 5.69 Å². The Balaban J connectivity index is 2.02. The predicted octanol–water partition coefficient (Wildman–Crippen LogP) is 0.495. The van der Waals surface area contributed by atoms with E-state index in [4.69, 9.17) is 11.5 Å². The number of H-pyrrole nitrogens is 1. The van der Waals surface area contributed by atoms with Crippen molar-refractivity contribution in [2.45, 2.75) is 13.3 Å². The number of carbonyl (C=O) groups is 1. The highest BCUT2D eigenvalue weighted by molar-refractivity contribution is 5.78. The molecule has 0 atom stereocenters. The molecule has 0 spiro atoms. The third-order valence-corrected chi connectivity index (χ3v) is 3.05. The van der Waals surface area contributed by atoms with Crippen LogP contribution in [0.2, 0.25) is 0 Å². The minimum Gasteiger partial charge on any atom is -0.399 e. The van der Waals surface area contributed by atoms with Gasteiger partial charge < -0.3 is 16.5 Å². The normalized spacial score (nSPS) is 11.3. The molecular formula is C13H19N5O. The number of nitrogens with one attached hydrogen (secondary N) is 1. The first-order valence-electron chi connectivity index (χ1n) is 6.33. The predicted molar refractivity (Wildman–Crippen MR) is 75.5 cm³/mol. The Morgan fingerprint density at radius 3 is 2.95 bits per heavy atom. The summed E-state index contributed by atoms with van der Waals surface area (Å²) in [6.45, 7) is 3.82. The molecule has 19 heavy (non-hydrogen) atoms. The molecule has 0 radical (unpaired) electrons. The van der Waals surface area contributed by atoms with Gasteiger partial charge in [0.05, 0.1) is 17.6 Å². The third-order valence-electron chi connectivity index (χ3n) is 3.05. The minimum absolute atomic E-state index is 0.281. The Morgan fingerprint density at radius 2 is 2.26 bits per heavy atom. The zero-order valence-corrected chi connectivity index (χ0v) is 11.0. The van der Waals surface area contributed by atoms with Crippen LogP contribution in [0.4, 0.5) is 5.69 Å². The number of nitrogens with zero attached hydrogens (tertiary/aromatic N) is 2. The second kappa shape index (κ2) is 5.71. The lowest BCUT2D eigenvalue weighted by atomic mass is 10.3. The zero-order valence-electron chi connectivity index (χ0n) is 11.0. The second-order valence-electron chi connectivity index (χ2n) is 4.55. The van der Waals surface area contributed by atoms with Crippen LogP contribution in [0.3, 0.4) is 0 Å². The van der Waals surface area contributed by atoms with Crippen molar-refractivity contribution in [2.24, 2.45) is 5.73 Å². The largest absolute Gasteiger partial charge is 0.399 e. The number of hydrogen-bond acceptors (Lipinski definition) is 4. The van der Waals surface area contributed by atoms with Crippen LogP contribution in [-0.4, -0.2) is 40.4 Å². The summed E-state index contributed by atoms with van der Waals surface area (Å²) in [6, 6.07) is 5.59. The molecule has 1 aromatic carbocycles. The van der Waals surface area contributed by atoms with Crippen LogP contribution in [0.15, 0.2) is 18.2 Å². The van der Waals surface area contributed by atoms with Crippen molar-refractivity contribution in [1.82, 2.24) is 14.9 Å². The number of benzene rings is 1. The molecule has 0 aliphatic heterocycles. The summed E-state index contributed by atoms with van der Waals surface area (Å²) in [5.41, 5.74) is 13.5. The second-order valence-corrected chi connectivity index (χ2v) is 4.55. The summed E-state index contributed by atoms with van der Waals surface area (Å²) >= 11 is 0. The van der Waals surface area contributed by atoms with Crippen molar-refractivity contribution >= 4 is 22.6 Å². The minimum atomic E-state index is -0.306. The third kappa shape index (κ3) is 3.45. The number of nitrogen functional groups attached to an aromatic ring is 1. The molecular weight excluding hydrogens is 242 g/mol. The van der Waals surface area contributed by atoms with Crippen molar-refractivity contribution < 1.29 is 4.79 Å². The van der Waals surface area contributed by atoms with Gasteiger partial charge in [-0.2, -0.15) is 0 Å². The van der Waals surface area contributed by atoms with Gasteiger partial charge in [0.1, 0.15) is 5.82 Å². The molecule has 102 valence electrons. The van der Waals surface area contributed by atoms with Crippen molar-refractivity contribution in [3.8, 4) is 0 Å². The fourth-order valence-corrected chi connectivity index (χ4v) is 2.03. The Morgan fingerprint density at radius 1 is 1.47 bits per heavy atom. The lowest BCUT2D eigenvalue weighted by molar-refractivity contribution is -0.119. The maximum atomic E-state index is 10.9. The first kappa shape index (κ1) is 13.4. The number of rotatable bonds is 6. The summed E-state index contributed by atoms with van der Waals surface area (Å²) in [6.07, 6.45) is 0.746. The van der Waals surface area contributed by atoms with E-state index >= 15 is 0 Å². The molecule has 1 aromatic heterocycles. The number of imidazole rings is 1. The number of anilines is 1. The lowest BCUT2D eigenvalue weighted by Gasteiger charge is -2.17. The fourth-order valence-electron chi connectivity index (χ4n) is 2.03. The van der Waals surface area contributed by atoms with Gasteiger partial charge >= 0.3 is 0 Å². The van der Waals surface area contributed by atoms with E-state index in [1.54, 1.807) is 0 Å². The van der Waals surface area contributed by atoms with E-state index < -0.39 is 0 Å². The Bertz CT molecular complexity index is 577. The van der Waals surface area contributed by atoms with Gasteiger partial charge in [-0.25, -0.2) is 4.98 Å². The number of primary amides is 1. The molecule has 0 aliphatic carbocycles. The first-order chi connectivity index (χ1) is 9.08. The van der Waals surface area contributed by atoms with Crippen LogP contribution in [0.1, 0.15) is 12.7 Å². The SMILES string of the molecule is CCN(CCc1nc2ccc(N)cc2[nH]1)CC(N)=O. The number of nitrogens with two attached hydrogens (primary N) is 2. The van der Waals surface area contributed by atoms with E-state index in [9.17, 15) is 4.79 Å². The van der Waals surface area contributed by atoms with Gasteiger partial charge in [0.15, 0.2) is 0 Å². The van der Waals surface area contributed by atoms with E-state index in [1.807, 2.05) is 30.0 Å². The molecule has 0 unspecified atom stereocenters. The summed E-state index contributed by atoms with van der Waals surface area (Å²) < 4.78 is 0. The van der Waals surface area contributed by atoms with Crippen LogP contribution in [0.5, 0.6) is 0 Å². The van der Waals surface area contributed by atoms with Gasteiger partial charge in [0.2, 0.25) is 5.91 Å². The highest BCUT2D eigenvalue weighted by Gasteiger charge is 2.08. The molecule has 6 nitrogen and oxygen atoms in total. The number of amides is 1. The summed E-state index contributed by atoms with van der Waals surface area (Å²) in [5.74, 6) is 0.586.